The second-order valence-corrected chi connectivity index (χ2v) is 5.67. The van der Waals surface area contributed by atoms with Crippen molar-refractivity contribution in [3.05, 3.63) is 35.9 Å². The SMILES string of the molecule is C[C@]1(C(=O)Cl)[C@H](c2ccccc2)C1(Cl)Cl. The summed E-state index contributed by atoms with van der Waals surface area (Å²) < 4.78 is -1.09. The normalized spacial score (nSPS) is 32.4. The third-order valence-electron chi connectivity index (χ3n) is 3.09. The molecule has 1 aromatic rings. The van der Waals surface area contributed by atoms with Crippen LogP contribution < -0.4 is 0 Å². The molecule has 1 aliphatic carbocycles. The van der Waals surface area contributed by atoms with E-state index < -0.39 is 15.0 Å². The molecule has 0 saturated heterocycles. The fourth-order valence-corrected chi connectivity index (χ4v) is 3.29. The third kappa shape index (κ3) is 1.41. The van der Waals surface area contributed by atoms with Gasteiger partial charge in [-0.1, -0.05) is 53.5 Å². The van der Waals surface area contributed by atoms with Crippen molar-refractivity contribution in [2.24, 2.45) is 5.41 Å². The minimum absolute atomic E-state index is 0.223. The Balaban J connectivity index is 2.39. The van der Waals surface area contributed by atoms with Gasteiger partial charge in [-0.15, -0.1) is 0 Å². The minimum atomic E-state index is -1.09. The Bertz CT molecular complexity index is 402. The highest BCUT2D eigenvalue weighted by atomic mass is 35.5. The van der Waals surface area contributed by atoms with Gasteiger partial charge in [-0.2, -0.15) is 0 Å². The smallest absolute Gasteiger partial charge is 0.231 e. The van der Waals surface area contributed by atoms with Crippen molar-refractivity contribution >= 4 is 40.0 Å². The van der Waals surface area contributed by atoms with Crippen LogP contribution in [-0.4, -0.2) is 9.58 Å². The second-order valence-electron chi connectivity index (χ2n) is 3.94. The molecule has 0 aromatic heterocycles. The monoisotopic (exact) mass is 262 g/mol. The zero-order chi connectivity index (χ0) is 11.3. The maximum Gasteiger partial charge on any atom is 0.231 e. The summed E-state index contributed by atoms with van der Waals surface area (Å²) in [6.45, 7) is 1.69. The first-order valence-corrected chi connectivity index (χ1v) is 5.68. The van der Waals surface area contributed by atoms with Gasteiger partial charge < -0.3 is 0 Å². The molecular weight excluding hydrogens is 254 g/mol. The van der Waals surface area contributed by atoms with Crippen LogP contribution >= 0.6 is 34.8 Å². The molecule has 1 fully saturated rings. The zero-order valence-corrected chi connectivity index (χ0v) is 10.3. The van der Waals surface area contributed by atoms with Gasteiger partial charge in [0.05, 0.1) is 5.41 Å². The van der Waals surface area contributed by atoms with Gasteiger partial charge in [0.1, 0.15) is 4.33 Å². The average Bonchev–Trinajstić information content (AvgIpc) is 2.64. The number of halogens is 3. The predicted octanol–water partition coefficient (Wildman–Crippen LogP) is 3.73. The van der Waals surface area contributed by atoms with Gasteiger partial charge in [-0.25, -0.2) is 0 Å². The fourth-order valence-electron chi connectivity index (χ4n) is 1.96. The van der Waals surface area contributed by atoms with Crippen LogP contribution in [0.2, 0.25) is 0 Å². The van der Waals surface area contributed by atoms with E-state index in [2.05, 4.69) is 0 Å². The highest BCUT2D eigenvalue weighted by Crippen LogP contribution is 2.74. The molecule has 1 nitrogen and oxygen atoms in total. The van der Waals surface area contributed by atoms with Gasteiger partial charge in [-0.3, -0.25) is 4.79 Å². The summed E-state index contributed by atoms with van der Waals surface area (Å²) in [6.07, 6.45) is 0. The summed E-state index contributed by atoms with van der Waals surface area (Å²) in [4.78, 5) is 11.3. The third-order valence-corrected chi connectivity index (χ3v) is 4.70. The van der Waals surface area contributed by atoms with Crippen LogP contribution in [0.25, 0.3) is 0 Å². The first kappa shape index (κ1) is 11.3. The number of rotatable bonds is 2. The van der Waals surface area contributed by atoms with Gasteiger partial charge in [0.15, 0.2) is 0 Å². The van der Waals surface area contributed by atoms with Crippen molar-refractivity contribution in [1.82, 2.24) is 0 Å². The molecule has 1 aromatic carbocycles. The molecule has 0 spiro atoms. The van der Waals surface area contributed by atoms with Crippen LogP contribution in [0.5, 0.6) is 0 Å². The van der Waals surface area contributed by atoms with E-state index in [9.17, 15) is 4.79 Å². The zero-order valence-electron chi connectivity index (χ0n) is 8.01. The lowest BCUT2D eigenvalue weighted by atomic mass is 10.0. The molecule has 0 radical (unpaired) electrons. The molecule has 0 bridgehead atoms. The fraction of sp³-hybridized carbons (Fsp3) is 0.364. The number of hydrogen-bond acceptors (Lipinski definition) is 1. The van der Waals surface area contributed by atoms with Crippen molar-refractivity contribution in [2.75, 3.05) is 0 Å². The molecule has 0 unspecified atom stereocenters. The Morgan fingerprint density at radius 2 is 1.80 bits per heavy atom. The van der Waals surface area contributed by atoms with E-state index >= 15 is 0 Å². The number of carbonyl (C=O) groups is 1. The van der Waals surface area contributed by atoms with Crippen molar-refractivity contribution in [1.29, 1.82) is 0 Å². The highest BCUT2D eigenvalue weighted by molar-refractivity contribution is 6.69. The van der Waals surface area contributed by atoms with Crippen LogP contribution in [0.15, 0.2) is 30.3 Å². The Kier molecular flexibility index (Phi) is 2.53. The number of alkyl halides is 2. The molecule has 4 heteroatoms. The van der Waals surface area contributed by atoms with Gasteiger partial charge in [0.25, 0.3) is 0 Å². The Labute approximate surface area is 103 Å². The summed E-state index contributed by atoms with van der Waals surface area (Å²) in [5, 5.41) is -0.485. The van der Waals surface area contributed by atoms with Crippen LogP contribution in [0.1, 0.15) is 18.4 Å². The van der Waals surface area contributed by atoms with Crippen LogP contribution in [0.4, 0.5) is 0 Å². The van der Waals surface area contributed by atoms with E-state index in [-0.39, 0.29) is 5.92 Å². The number of carbonyl (C=O) groups excluding carboxylic acids is 1. The molecule has 2 rings (SSSR count). The van der Waals surface area contributed by atoms with E-state index in [4.69, 9.17) is 34.8 Å². The maximum atomic E-state index is 11.3. The van der Waals surface area contributed by atoms with E-state index in [0.29, 0.717) is 0 Å². The summed E-state index contributed by atoms with van der Waals surface area (Å²) in [6, 6.07) is 9.47. The lowest BCUT2D eigenvalue weighted by Gasteiger charge is -2.03. The van der Waals surface area contributed by atoms with Gasteiger partial charge >= 0.3 is 0 Å². The van der Waals surface area contributed by atoms with Crippen LogP contribution in [0, 0.1) is 5.41 Å². The van der Waals surface area contributed by atoms with Crippen molar-refractivity contribution in [2.45, 2.75) is 17.2 Å². The minimum Gasteiger partial charge on any atom is -0.281 e. The van der Waals surface area contributed by atoms with Crippen LogP contribution in [0.3, 0.4) is 0 Å². The molecule has 15 heavy (non-hydrogen) atoms. The average molecular weight is 264 g/mol. The number of hydrogen-bond donors (Lipinski definition) is 0. The number of benzene rings is 1. The molecule has 2 atom stereocenters. The van der Waals surface area contributed by atoms with Gasteiger partial charge in [0, 0.05) is 5.92 Å². The van der Waals surface area contributed by atoms with E-state index in [0.717, 1.165) is 5.56 Å². The summed E-state index contributed by atoms with van der Waals surface area (Å²) in [5.74, 6) is -0.223. The summed E-state index contributed by atoms with van der Waals surface area (Å²) in [5.41, 5.74) is 0.0675. The van der Waals surface area contributed by atoms with E-state index in [1.807, 2.05) is 30.3 Å². The molecule has 0 N–H and O–H groups in total. The summed E-state index contributed by atoms with van der Waals surface area (Å²) in [7, 11) is 0. The molecule has 1 aliphatic rings. The lowest BCUT2D eigenvalue weighted by molar-refractivity contribution is -0.115. The Morgan fingerprint density at radius 3 is 2.20 bits per heavy atom. The molecule has 0 amide bonds. The quantitative estimate of drug-likeness (QED) is 0.587. The topological polar surface area (TPSA) is 17.1 Å². The van der Waals surface area contributed by atoms with Crippen molar-refractivity contribution in [3.63, 3.8) is 0 Å². The summed E-state index contributed by atoms with van der Waals surface area (Å²) >= 11 is 17.7. The maximum absolute atomic E-state index is 11.3. The highest BCUT2D eigenvalue weighted by Gasteiger charge is 2.77. The molecule has 1 saturated carbocycles. The molecule has 0 heterocycles. The van der Waals surface area contributed by atoms with E-state index in [1.165, 1.54) is 0 Å². The molecule has 0 aliphatic heterocycles. The largest absolute Gasteiger partial charge is 0.281 e. The predicted molar refractivity (Wildman–Crippen MR) is 62.6 cm³/mol. The second kappa shape index (κ2) is 3.38. The Hall–Kier alpha value is -0.240. The Morgan fingerprint density at radius 1 is 1.27 bits per heavy atom. The van der Waals surface area contributed by atoms with Crippen LogP contribution in [-0.2, 0) is 4.79 Å². The molecule has 80 valence electrons. The van der Waals surface area contributed by atoms with Crippen molar-refractivity contribution < 1.29 is 4.79 Å². The first-order valence-electron chi connectivity index (χ1n) is 4.55. The standard InChI is InChI=1S/C11H9Cl3O/c1-10(9(12)15)8(11(10,13)14)7-5-3-2-4-6-7/h2-6,8H,1H3/t8-,10+/m0/s1. The first-order chi connectivity index (χ1) is 6.92. The van der Waals surface area contributed by atoms with Crippen molar-refractivity contribution in [3.8, 4) is 0 Å². The van der Waals surface area contributed by atoms with E-state index in [1.54, 1.807) is 6.92 Å². The van der Waals surface area contributed by atoms with Gasteiger partial charge in [0.2, 0.25) is 5.24 Å². The lowest BCUT2D eigenvalue weighted by Crippen LogP contribution is -2.12. The molecular formula is C11H9Cl3O. The van der Waals surface area contributed by atoms with Gasteiger partial charge in [-0.05, 0) is 24.1 Å².